The van der Waals surface area contributed by atoms with Crippen LogP contribution in [0.1, 0.15) is 0 Å². The van der Waals surface area contributed by atoms with Crippen molar-refractivity contribution >= 4 is 23.1 Å². The molecule has 1 aromatic rings. The second kappa shape index (κ2) is 6.95. The van der Waals surface area contributed by atoms with Gasteiger partial charge in [-0.15, -0.1) is 0 Å². The van der Waals surface area contributed by atoms with Crippen LogP contribution in [0.25, 0.3) is 6.15 Å². The maximum atomic E-state index is 2.89. The molecule has 0 fully saturated rings. The number of benzene rings is 1. The van der Waals surface area contributed by atoms with E-state index in [9.17, 15) is 0 Å². The van der Waals surface area contributed by atoms with Crippen LogP contribution in [0.15, 0.2) is 30.3 Å². The first-order valence-electron chi connectivity index (χ1n) is 1.91. The maximum Gasteiger partial charge on any atom is 2.00 e. The summed E-state index contributed by atoms with van der Waals surface area (Å²) in [6.45, 7) is 0. The van der Waals surface area contributed by atoms with Gasteiger partial charge >= 0.3 is 23.1 Å². The average molecular weight is 117 g/mol. The third kappa shape index (κ3) is 4.11. The van der Waals surface area contributed by atoms with Gasteiger partial charge < -0.3 is 6.15 Å². The smallest absolute Gasteiger partial charge is 0.693 e. The van der Waals surface area contributed by atoms with Gasteiger partial charge in [0.2, 0.25) is 0 Å². The summed E-state index contributed by atoms with van der Waals surface area (Å²) in [6, 6.07) is 12.5. The van der Waals surface area contributed by atoms with E-state index in [1.807, 2.05) is 30.3 Å². The molecule has 0 saturated heterocycles. The molecule has 2 heteroatoms. The number of hydrogen-bond donors (Lipinski definition) is 0. The van der Waals surface area contributed by atoms with Crippen LogP contribution in [0.2, 0.25) is 0 Å². The van der Waals surface area contributed by atoms with Crippen LogP contribution in [-0.4, -0.2) is 23.1 Å². The summed E-state index contributed by atoms with van der Waals surface area (Å²) in [4.78, 5) is 0. The summed E-state index contributed by atoms with van der Waals surface area (Å²) >= 11 is 0. The first-order valence-corrected chi connectivity index (χ1v) is 1.91. The third-order valence-corrected chi connectivity index (χ3v) is 0.607. The van der Waals surface area contributed by atoms with Gasteiger partial charge in [0.05, 0.1) is 0 Å². The molecule has 0 aliphatic heterocycles. The second-order valence-corrected chi connectivity index (χ2v) is 1.08. The topological polar surface area (TPSA) is 33.5 Å². The molecule has 1 aromatic carbocycles. The zero-order chi connectivity index (χ0) is 4.24. The molecule has 0 heterocycles. The fourth-order valence-corrected chi connectivity index (χ4v) is 0.342. The van der Waals surface area contributed by atoms with Crippen LogP contribution in [-0.2, 0) is 0 Å². The monoisotopic (exact) mass is 117 g/mol. The largest absolute Gasteiger partial charge is 2.00 e. The Bertz CT molecular complexity index is 80.5. The van der Waals surface area contributed by atoms with E-state index in [-0.39, 0.29) is 29.2 Å². The van der Waals surface area contributed by atoms with Crippen molar-refractivity contribution in [1.82, 2.24) is 0 Å². The van der Waals surface area contributed by atoms with Crippen molar-refractivity contribution in [3.8, 4) is 0 Å². The minimum absolute atomic E-state index is 0. The third-order valence-electron chi connectivity index (χ3n) is 0.607. The van der Waals surface area contributed by atoms with Crippen molar-refractivity contribution in [3.63, 3.8) is 0 Å². The molecule has 0 bridgehead atoms. The van der Waals surface area contributed by atoms with Crippen molar-refractivity contribution in [2.24, 2.45) is 0 Å². The SMILES string of the molecule is [Mg+2].[NH2-].[c-]1ccccc1. The molecule has 0 aliphatic rings. The Labute approximate surface area is 65.8 Å². The molecular formula is C6H7MgN. The minimum atomic E-state index is 0. The van der Waals surface area contributed by atoms with E-state index < -0.39 is 0 Å². The molecule has 0 saturated carbocycles. The Hall–Kier alpha value is -0.0538. The summed E-state index contributed by atoms with van der Waals surface area (Å²) in [5, 5.41) is 0. The summed E-state index contributed by atoms with van der Waals surface area (Å²) in [6.07, 6.45) is 0. The summed E-state index contributed by atoms with van der Waals surface area (Å²) in [7, 11) is 0. The van der Waals surface area contributed by atoms with E-state index >= 15 is 0 Å². The van der Waals surface area contributed by atoms with E-state index in [1.54, 1.807) is 0 Å². The van der Waals surface area contributed by atoms with Crippen LogP contribution < -0.4 is 0 Å². The molecule has 0 aliphatic carbocycles. The van der Waals surface area contributed by atoms with Crippen LogP contribution in [0.4, 0.5) is 0 Å². The molecule has 2 N–H and O–H groups in total. The quantitative estimate of drug-likeness (QED) is 0.367. The number of nitrogens with two attached hydrogens (primary N) is 1. The molecule has 0 unspecified atom stereocenters. The second-order valence-electron chi connectivity index (χ2n) is 1.08. The van der Waals surface area contributed by atoms with Crippen molar-refractivity contribution < 1.29 is 0 Å². The Morgan fingerprint density at radius 3 is 1.50 bits per heavy atom. The summed E-state index contributed by atoms with van der Waals surface area (Å²) < 4.78 is 0. The molecule has 0 amide bonds. The van der Waals surface area contributed by atoms with Crippen molar-refractivity contribution in [2.75, 3.05) is 0 Å². The predicted octanol–water partition coefficient (Wildman–Crippen LogP) is 1.82. The maximum absolute atomic E-state index is 2.89. The van der Waals surface area contributed by atoms with Gasteiger partial charge in [0, 0.05) is 0 Å². The number of rotatable bonds is 0. The Morgan fingerprint density at radius 1 is 0.875 bits per heavy atom. The zero-order valence-electron chi connectivity index (χ0n) is 4.67. The van der Waals surface area contributed by atoms with Crippen LogP contribution in [0.5, 0.6) is 0 Å². The molecule has 0 spiro atoms. The van der Waals surface area contributed by atoms with Crippen LogP contribution in [0, 0.1) is 6.07 Å². The molecule has 38 valence electrons. The van der Waals surface area contributed by atoms with E-state index in [1.165, 1.54) is 0 Å². The van der Waals surface area contributed by atoms with Crippen LogP contribution >= 0.6 is 0 Å². The van der Waals surface area contributed by atoms with Crippen molar-refractivity contribution in [1.29, 1.82) is 0 Å². The Kier molecular flexibility index (Phi) is 9.42. The average Bonchev–Trinajstić information content (AvgIpc) is 1.72. The van der Waals surface area contributed by atoms with Gasteiger partial charge in [0.25, 0.3) is 0 Å². The van der Waals surface area contributed by atoms with Crippen molar-refractivity contribution in [3.05, 3.63) is 42.5 Å². The molecule has 0 radical (unpaired) electrons. The summed E-state index contributed by atoms with van der Waals surface area (Å²) in [5.74, 6) is 0. The van der Waals surface area contributed by atoms with Gasteiger partial charge in [-0.3, -0.25) is 0 Å². The molecule has 1 rings (SSSR count). The normalized spacial score (nSPS) is 6.00. The van der Waals surface area contributed by atoms with Gasteiger partial charge in [-0.2, -0.15) is 36.4 Å². The van der Waals surface area contributed by atoms with Gasteiger partial charge in [0.1, 0.15) is 0 Å². The van der Waals surface area contributed by atoms with E-state index in [2.05, 4.69) is 6.07 Å². The van der Waals surface area contributed by atoms with E-state index in [0.717, 1.165) is 0 Å². The first-order chi connectivity index (χ1) is 3.00. The van der Waals surface area contributed by atoms with Crippen LogP contribution in [0.3, 0.4) is 0 Å². The first kappa shape index (κ1) is 10.8. The molecule has 0 atom stereocenters. The standard InChI is InChI=1S/C6H5.Mg.H2N/c1-2-4-6-5-3-1;;/h1-5H;;1H2/q-1;+2;-1. The van der Waals surface area contributed by atoms with Crippen molar-refractivity contribution in [2.45, 2.75) is 0 Å². The van der Waals surface area contributed by atoms with E-state index in [4.69, 9.17) is 0 Å². The van der Waals surface area contributed by atoms with Gasteiger partial charge in [-0.1, -0.05) is 0 Å². The molecule has 1 nitrogen and oxygen atoms in total. The molecule has 8 heavy (non-hydrogen) atoms. The predicted molar refractivity (Wildman–Crippen MR) is 36.3 cm³/mol. The minimum Gasteiger partial charge on any atom is -0.693 e. The van der Waals surface area contributed by atoms with E-state index in [0.29, 0.717) is 0 Å². The van der Waals surface area contributed by atoms with Gasteiger partial charge in [0.15, 0.2) is 0 Å². The Morgan fingerprint density at radius 2 is 1.38 bits per heavy atom. The van der Waals surface area contributed by atoms with Gasteiger partial charge in [-0.05, 0) is 0 Å². The Balaban J connectivity index is 0. The fraction of sp³-hybridized carbons (Fsp3) is 0. The molecule has 0 aromatic heterocycles. The number of hydrogen-bond acceptors (Lipinski definition) is 0. The molecular weight excluding hydrogens is 110 g/mol. The zero-order valence-corrected chi connectivity index (χ0v) is 6.09. The fourth-order valence-electron chi connectivity index (χ4n) is 0.342. The summed E-state index contributed by atoms with van der Waals surface area (Å²) in [5.41, 5.74) is 0. The van der Waals surface area contributed by atoms with Gasteiger partial charge in [-0.25, -0.2) is 0 Å².